The number of ether oxygens (including phenoxy) is 1. The van der Waals surface area contributed by atoms with Crippen LogP contribution < -0.4 is 0 Å². The molecule has 2 aromatic rings. The Morgan fingerprint density at radius 2 is 1.93 bits per heavy atom. The van der Waals surface area contributed by atoms with Crippen LogP contribution in [0.15, 0.2) is 28.7 Å². The first-order chi connectivity index (χ1) is 13.7. The highest BCUT2D eigenvalue weighted by Crippen LogP contribution is 2.19. The Kier molecular flexibility index (Phi) is 6.02. The molecule has 2 aliphatic rings. The fourth-order valence-electron chi connectivity index (χ4n) is 3.80. The number of rotatable bonds is 6. The van der Waals surface area contributed by atoms with Crippen molar-refractivity contribution in [2.45, 2.75) is 38.7 Å². The first-order valence-electron chi connectivity index (χ1n) is 10.2. The molecule has 1 unspecified atom stereocenters. The molecule has 1 atom stereocenters. The lowest BCUT2D eigenvalue weighted by Crippen LogP contribution is -2.50. The van der Waals surface area contributed by atoms with Crippen LogP contribution in [0.25, 0.3) is 11.5 Å². The second kappa shape index (κ2) is 8.84. The molecule has 0 spiro atoms. The maximum Gasteiger partial charge on any atom is 0.247 e. The second-order valence-corrected chi connectivity index (χ2v) is 7.68. The van der Waals surface area contributed by atoms with Gasteiger partial charge >= 0.3 is 0 Å². The summed E-state index contributed by atoms with van der Waals surface area (Å²) in [5.74, 6) is 1.18. The van der Waals surface area contributed by atoms with Gasteiger partial charge < -0.3 is 14.1 Å². The molecule has 0 saturated carbocycles. The summed E-state index contributed by atoms with van der Waals surface area (Å²) in [6.07, 6.45) is 3.59. The number of nitrogens with zero attached hydrogens (tertiary/aromatic N) is 4. The van der Waals surface area contributed by atoms with Gasteiger partial charge in [0, 0.05) is 57.7 Å². The van der Waals surface area contributed by atoms with E-state index in [9.17, 15) is 4.79 Å². The Labute approximate surface area is 165 Å². The van der Waals surface area contributed by atoms with Gasteiger partial charge in [-0.1, -0.05) is 17.7 Å². The highest BCUT2D eigenvalue weighted by atomic mass is 16.5. The molecule has 3 heterocycles. The molecule has 7 heteroatoms. The summed E-state index contributed by atoms with van der Waals surface area (Å²) >= 11 is 0. The van der Waals surface area contributed by atoms with Gasteiger partial charge in [-0.15, -0.1) is 10.2 Å². The largest absolute Gasteiger partial charge is 0.421 e. The van der Waals surface area contributed by atoms with E-state index in [4.69, 9.17) is 9.15 Å². The molecule has 0 bridgehead atoms. The summed E-state index contributed by atoms with van der Waals surface area (Å²) in [6.45, 7) is 7.33. The van der Waals surface area contributed by atoms with Crippen LogP contribution in [0.4, 0.5) is 0 Å². The quantitative estimate of drug-likeness (QED) is 0.761. The van der Waals surface area contributed by atoms with Crippen LogP contribution in [0.5, 0.6) is 0 Å². The number of carbonyl (C=O) groups excluding carboxylic acids is 1. The van der Waals surface area contributed by atoms with Gasteiger partial charge in [0.2, 0.25) is 17.7 Å². The summed E-state index contributed by atoms with van der Waals surface area (Å²) < 4.78 is 11.4. The number of amides is 1. The summed E-state index contributed by atoms with van der Waals surface area (Å²) in [6, 6.07) is 7.96. The SMILES string of the molecule is Cc1ccc(-c2nnc(CCC(=O)N3CCN(CC4CCCO4)CC3)o2)cc1. The third-order valence-electron chi connectivity index (χ3n) is 5.53. The second-order valence-electron chi connectivity index (χ2n) is 7.68. The zero-order valence-electron chi connectivity index (χ0n) is 16.5. The van der Waals surface area contributed by atoms with Crippen molar-refractivity contribution in [3.63, 3.8) is 0 Å². The predicted octanol–water partition coefficient (Wildman–Crippen LogP) is 2.30. The molecule has 2 fully saturated rings. The Morgan fingerprint density at radius 3 is 2.64 bits per heavy atom. The van der Waals surface area contributed by atoms with Crippen molar-refractivity contribution < 1.29 is 13.9 Å². The molecular formula is C21H28N4O3. The maximum absolute atomic E-state index is 12.5. The fourth-order valence-corrected chi connectivity index (χ4v) is 3.80. The van der Waals surface area contributed by atoms with Gasteiger partial charge in [0.25, 0.3) is 0 Å². The van der Waals surface area contributed by atoms with Crippen molar-refractivity contribution in [1.82, 2.24) is 20.0 Å². The minimum Gasteiger partial charge on any atom is -0.421 e. The van der Waals surface area contributed by atoms with Crippen LogP contribution in [0.3, 0.4) is 0 Å². The fraction of sp³-hybridized carbons (Fsp3) is 0.571. The molecule has 7 nitrogen and oxygen atoms in total. The molecule has 2 saturated heterocycles. The Balaban J connectivity index is 1.22. The van der Waals surface area contributed by atoms with E-state index in [2.05, 4.69) is 15.1 Å². The highest BCUT2D eigenvalue weighted by Gasteiger charge is 2.25. The minimum absolute atomic E-state index is 0.159. The average molecular weight is 384 g/mol. The number of aromatic nitrogens is 2. The van der Waals surface area contributed by atoms with E-state index in [-0.39, 0.29) is 5.91 Å². The van der Waals surface area contributed by atoms with E-state index >= 15 is 0 Å². The number of benzene rings is 1. The van der Waals surface area contributed by atoms with Crippen molar-refractivity contribution in [1.29, 1.82) is 0 Å². The predicted molar refractivity (Wildman–Crippen MR) is 105 cm³/mol. The van der Waals surface area contributed by atoms with Crippen molar-refractivity contribution in [2.75, 3.05) is 39.3 Å². The number of hydrogen-bond donors (Lipinski definition) is 0. The summed E-state index contributed by atoms with van der Waals surface area (Å²) in [5, 5.41) is 8.20. The zero-order valence-corrected chi connectivity index (χ0v) is 16.5. The molecule has 0 radical (unpaired) electrons. The average Bonchev–Trinajstić information content (AvgIpc) is 3.39. The van der Waals surface area contributed by atoms with E-state index in [0.717, 1.165) is 51.3 Å². The summed E-state index contributed by atoms with van der Waals surface area (Å²) in [5.41, 5.74) is 2.09. The first kappa shape index (κ1) is 19.1. The van der Waals surface area contributed by atoms with Gasteiger partial charge in [-0.05, 0) is 31.9 Å². The minimum atomic E-state index is 0.159. The smallest absolute Gasteiger partial charge is 0.247 e. The standard InChI is InChI=1S/C21H28N4O3/c1-16-4-6-17(7-5-16)21-23-22-19(28-21)8-9-20(26)25-12-10-24(11-13-25)15-18-3-2-14-27-18/h4-7,18H,2-3,8-15H2,1H3. The zero-order chi connectivity index (χ0) is 19.3. The van der Waals surface area contributed by atoms with Crippen molar-refractivity contribution in [2.24, 2.45) is 0 Å². The molecule has 1 aromatic carbocycles. The van der Waals surface area contributed by atoms with Crippen LogP contribution in [-0.4, -0.2) is 71.3 Å². The van der Waals surface area contributed by atoms with Gasteiger partial charge in [-0.3, -0.25) is 9.69 Å². The van der Waals surface area contributed by atoms with Gasteiger partial charge in [0.15, 0.2) is 0 Å². The molecular weight excluding hydrogens is 356 g/mol. The normalized spacial score (nSPS) is 20.6. The van der Waals surface area contributed by atoms with E-state index in [0.29, 0.717) is 30.7 Å². The first-order valence-corrected chi connectivity index (χ1v) is 10.2. The molecule has 150 valence electrons. The van der Waals surface area contributed by atoms with Crippen LogP contribution in [0, 0.1) is 6.92 Å². The van der Waals surface area contributed by atoms with E-state index in [1.54, 1.807) is 0 Å². The van der Waals surface area contributed by atoms with Crippen molar-refractivity contribution >= 4 is 5.91 Å². The lowest BCUT2D eigenvalue weighted by atomic mass is 10.1. The molecule has 2 aliphatic heterocycles. The maximum atomic E-state index is 12.5. The van der Waals surface area contributed by atoms with E-state index in [1.165, 1.54) is 12.0 Å². The van der Waals surface area contributed by atoms with Gasteiger partial charge in [-0.2, -0.15) is 0 Å². The Bertz CT molecular complexity index is 775. The van der Waals surface area contributed by atoms with Crippen molar-refractivity contribution in [3.8, 4) is 11.5 Å². The Morgan fingerprint density at radius 1 is 1.14 bits per heavy atom. The molecule has 1 amide bonds. The molecule has 4 rings (SSSR count). The number of aryl methyl sites for hydroxylation is 2. The monoisotopic (exact) mass is 384 g/mol. The van der Waals surface area contributed by atoms with Crippen molar-refractivity contribution in [3.05, 3.63) is 35.7 Å². The molecule has 28 heavy (non-hydrogen) atoms. The number of hydrogen-bond acceptors (Lipinski definition) is 6. The summed E-state index contributed by atoms with van der Waals surface area (Å²) in [7, 11) is 0. The lowest BCUT2D eigenvalue weighted by Gasteiger charge is -2.35. The molecule has 1 aromatic heterocycles. The third-order valence-corrected chi connectivity index (χ3v) is 5.53. The van der Waals surface area contributed by atoms with Gasteiger partial charge in [0.1, 0.15) is 0 Å². The van der Waals surface area contributed by atoms with Gasteiger partial charge in [0.05, 0.1) is 6.10 Å². The van der Waals surface area contributed by atoms with Gasteiger partial charge in [-0.25, -0.2) is 0 Å². The van der Waals surface area contributed by atoms with Crippen LogP contribution in [-0.2, 0) is 16.0 Å². The topological polar surface area (TPSA) is 71.7 Å². The van der Waals surface area contributed by atoms with Crippen LogP contribution in [0.1, 0.15) is 30.7 Å². The molecule has 0 N–H and O–H groups in total. The Hall–Kier alpha value is -2.25. The molecule has 0 aliphatic carbocycles. The highest BCUT2D eigenvalue weighted by molar-refractivity contribution is 5.76. The van der Waals surface area contributed by atoms with E-state index in [1.807, 2.05) is 36.1 Å². The van der Waals surface area contributed by atoms with Crippen LogP contribution >= 0.6 is 0 Å². The van der Waals surface area contributed by atoms with Crippen LogP contribution in [0.2, 0.25) is 0 Å². The summed E-state index contributed by atoms with van der Waals surface area (Å²) in [4.78, 5) is 16.9. The lowest BCUT2D eigenvalue weighted by molar-refractivity contribution is -0.133. The third kappa shape index (κ3) is 4.77. The number of carbonyl (C=O) groups is 1. The number of piperazine rings is 1. The van der Waals surface area contributed by atoms with E-state index < -0.39 is 0 Å².